The van der Waals surface area contributed by atoms with E-state index in [0.717, 1.165) is 28.6 Å². The van der Waals surface area contributed by atoms with Gasteiger partial charge >= 0.3 is 0 Å². The van der Waals surface area contributed by atoms with Crippen LogP contribution >= 0.6 is 11.3 Å². The first-order valence-corrected chi connectivity index (χ1v) is 12.9. The van der Waals surface area contributed by atoms with Crippen molar-refractivity contribution in [2.75, 3.05) is 19.6 Å². The zero-order chi connectivity index (χ0) is 22.9. The van der Waals surface area contributed by atoms with E-state index in [0.29, 0.717) is 31.7 Å². The fourth-order valence-electron chi connectivity index (χ4n) is 4.11. The number of hydrogen-bond donors (Lipinski definition) is 2. The van der Waals surface area contributed by atoms with Gasteiger partial charge in [-0.1, -0.05) is 12.1 Å². The quantitative estimate of drug-likeness (QED) is 0.569. The summed E-state index contributed by atoms with van der Waals surface area (Å²) in [5.41, 5.74) is 2.60. The predicted molar refractivity (Wildman–Crippen MR) is 124 cm³/mol. The summed E-state index contributed by atoms with van der Waals surface area (Å²) in [6.45, 7) is 1.50. The number of carbonyl (C=O) groups is 2. The monoisotopic (exact) mass is 474 g/mol. The number of thiophene rings is 1. The highest BCUT2D eigenvalue weighted by Crippen LogP contribution is 2.26. The van der Waals surface area contributed by atoms with E-state index < -0.39 is 10.0 Å². The van der Waals surface area contributed by atoms with Crippen molar-refractivity contribution in [2.45, 2.75) is 24.2 Å². The summed E-state index contributed by atoms with van der Waals surface area (Å²) in [7, 11) is -1.82. The van der Waals surface area contributed by atoms with E-state index >= 15 is 0 Å². The van der Waals surface area contributed by atoms with Gasteiger partial charge in [-0.2, -0.15) is 0 Å². The number of amides is 2. The van der Waals surface area contributed by atoms with Gasteiger partial charge < -0.3 is 14.8 Å². The summed E-state index contributed by atoms with van der Waals surface area (Å²) >= 11 is 1.61. The van der Waals surface area contributed by atoms with Crippen LogP contribution in [0, 0.1) is 5.92 Å². The maximum Gasteiger partial charge on any atom is 0.270 e. The number of nitrogens with two attached hydrogens (primary N) is 1. The number of carbonyl (C=O) groups excluding carboxylic acids is 2. The molecule has 3 N–H and O–H groups in total. The van der Waals surface area contributed by atoms with E-state index in [-0.39, 0.29) is 22.6 Å². The fourth-order valence-corrected chi connectivity index (χ4v) is 5.48. The summed E-state index contributed by atoms with van der Waals surface area (Å²) in [4.78, 5) is 27.6. The number of hydrogen-bond acceptors (Lipinski definition) is 5. The minimum Gasteiger partial charge on any atom is -0.355 e. The number of likely N-dealkylation sites (tertiary alicyclic amines) is 1. The largest absolute Gasteiger partial charge is 0.355 e. The Bertz CT molecular complexity index is 1240. The normalized spacial score (nSPS) is 16.9. The van der Waals surface area contributed by atoms with Gasteiger partial charge in [-0.3, -0.25) is 9.59 Å². The molecule has 1 aliphatic heterocycles. The molecular formula is C22H26N4O4S2. The maximum atomic E-state index is 13.1. The number of rotatable bonds is 6. The number of fused-ring (bicyclic) bond motifs is 1. The molecule has 2 aromatic heterocycles. The van der Waals surface area contributed by atoms with Crippen molar-refractivity contribution in [1.29, 1.82) is 0 Å². The van der Waals surface area contributed by atoms with Crippen molar-refractivity contribution in [3.63, 3.8) is 0 Å². The molecule has 8 nitrogen and oxygen atoms in total. The molecule has 0 aliphatic carbocycles. The van der Waals surface area contributed by atoms with Crippen LogP contribution in [-0.4, -0.2) is 49.3 Å². The van der Waals surface area contributed by atoms with Crippen LogP contribution in [0.25, 0.3) is 10.2 Å². The molecule has 3 aromatic rings. The standard InChI is InChI=1S/C22H26N4O4S2/c1-25-18-9-12-31-20(18)13-19(25)22(28)26-11-2-3-16(14-26)21(27)24-10-8-15-4-6-17(7-5-15)32(23,29)30/h4-7,9,12-13,16H,2-3,8,10-11,14H2,1H3,(H,24,27)(H2,23,29,30)/t16-/m1/s1. The van der Waals surface area contributed by atoms with Crippen LogP contribution in [0.1, 0.15) is 28.9 Å². The number of aromatic nitrogens is 1. The van der Waals surface area contributed by atoms with Crippen molar-refractivity contribution in [3.8, 4) is 0 Å². The average molecular weight is 475 g/mol. The molecule has 0 spiro atoms. The first kappa shape index (κ1) is 22.5. The smallest absolute Gasteiger partial charge is 0.270 e. The summed E-state index contributed by atoms with van der Waals surface area (Å²) in [6.07, 6.45) is 2.12. The second kappa shape index (κ2) is 9.05. The lowest BCUT2D eigenvalue weighted by Crippen LogP contribution is -2.46. The van der Waals surface area contributed by atoms with Gasteiger partial charge in [0.05, 0.1) is 21.0 Å². The van der Waals surface area contributed by atoms with E-state index in [9.17, 15) is 18.0 Å². The minimum atomic E-state index is -3.71. The molecule has 10 heteroatoms. The van der Waals surface area contributed by atoms with E-state index in [1.165, 1.54) is 12.1 Å². The van der Waals surface area contributed by atoms with E-state index in [4.69, 9.17) is 5.14 Å². The van der Waals surface area contributed by atoms with Gasteiger partial charge in [-0.25, -0.2) is 13.6 Å². The zero-order valence-electron chi connectivity index (χ0n) is 17.8. The van der Waals surface area contributed by atoms with Crippen LogP contribution in [-0.2, 0) is 28.3 Å². The highest BCUT2D eigenvalue weighted by Gasteiger charge is 2.30. The Morgan fingerprint density at radius 1 is 1.22 bits per heavy atom. The average Bonchev–Trinajstić information content (AvgIpc) is 3.36. The molecule has 0 bridgehead atoms. The third-order valence-corrected chi connectivity index (χ3v) is 7.71. The molecule has 1 aromatic carbocycles. The molecule has 3 heterocycles. The van der Waals surface area contributed by atoms with Crippen molar-refractivity contribution in [2.24, 2.45) is 18.1 Å². The third-order valence-electron chi connectivity index (χ3n) is 5.93. The molecule has 0 saturated carbocycles. The fraction of sp³-hybridized carbons (Fsp3) is 0.364. The Labute approximate surface area is 191 Å². The molecule has 2 amide bonds. The van der Waals surface area contributed by atoms with Gasteiger partial charge in [0.1, 0.15) is 5.69 Å². The molecule has 1 fully saturated rings. The number of aryl methyl sites for hydroxylation is 1. The second-order valence-corrected chi connectivity index (χ2v) is 10.6. The highest BCUT2D eigenvalue weighted by molar-refractivity contribution is 7.89. The molecule has 0 unspecified atom stereocenters. The van der Waals surface area contributed by atoms with Crippen LogP contribution in [0.5, 0.6) is 0 Å². The topological polar surface area (TPSA) is 114 Å². The molecule has 32 heavy (non-hydrogen) atoms. The van der Waals surface area contributed by atoms with Crippen LogP contribution in [0.2, 0.25) is 0 Å². The lowest BCUT2D eigenvalue weighted by molar-refractivity contribution is -0.126. The maximum absolute atomic E-state index is 13.1. The summed E-state index contributed by atoms with van der Waals surface area (Å²) in [5, 5.41) is 10.1. The number of nitrogens with zero attached hydrogens (tertiary/aromatic N) is 2. The Kier molecular flexibility index (Phi) is 6.36. The van der Waals surface area contributed by atoms with Crippen molar-refractivity contribution >= 4 is 43.4 Å². The molecule has 170 valence electrons. The van der Waals surface area contributed by atoms with Gasteiger partial charge in [0.15, 0.2) is 0 Å². The van der Waals surface area contributed by atoms with Crippen LogP contribution < -0.4 is 10.5 Å². The molecule has 0 radical (unpaired) electrons. The highest BCUT2D eigenvalue weighted by atomic mass is 32.2. The number of piperidine rings is 1. The Morgan fingerprint density at radius 2 is 1.97 bits per heavy atom. The van der Waals surface area contributed by atoms with Crippen molar-refractivity contribution in [1.82, 2.24) is 14.8 Å². The predicted octanol–water partition coefficient (Wildman–Crippen LogP) is 2.10. The van der Waals surface area contributed by atoms with E-state index in [2.05, 4.69) is 5.32 Å². The third kappa shape index (κ3) is 4.72. The Hall–Kier alpha value is -2.69. The van der Waals surface area contributed by atoms with Gasteiger partial charge in [-0.15, -0.1) is 11.3 Å². The Morgan fingerprint density at radius 3 is 2.66 bits per heavy atom. The number of nitrogens with one attached hydrogen (secondary N) is 1. The van der Waals surface area contributed by atoms with Gasteiger partial charge in [-0.05, 0) is 54.5 Å². The number of benzene rings is 1. The summed E-state index contributed by atoms with van der Waals surface area (Å²) < 4.78 is 25.7. The number of sulfonamides is 1. The first-order chi connectivity index (χ1) is 15.2. The Balaban J connectivity index is 1.32. The summed E-state index contributed by atoms with van der Waals surface area (Å²) in [5.74, 6) is -0.335. The van der Waals surface area contributed by atoms with E-state index in [1.54, 1.807) is 28.4 Å². The van der Waals surface area contributed by atoms with Gasteiger partial charge in [0.2, 0.25) is 15.9 Å². The van der Waals surface area contributed by atoms with Crippen LogP contribution in [0.15, 0.2) is 46.7 Å². The molecule has 1 saturated heterocycles. The molecular weight excluding hydrogens is 448 g/mol. The van der Waals surface area contributed by atoms with E-state index in [1.807, 2.05) is 29.1 Å². The molecule has 1 atom stereocenters. The second-order valence-electron chi connectivity index (χ2n) is 8.08. The lowest BCUT2D eigenvalue weighted by atomic mass is 9.96. The number of primary sulfonamides is 1. The zero-order valence-corrected chi connectivity index (χ0v) is 19.4. The van der Waals surface area contributed by atoms with Crippen molar-refractivity contribution < 1.29 is 18.0 Å². The van der Waals surface area contributed by atoms with Crippen LogP contribution in [0.3, 0.4) is 0 Å². The first-order valence-electron chi connectivity index (χ1n) is 10.5. The lowest BCUT2D eigenvalue weighted by Gasteiger charge is -2.32. The summed E-state index contributed by atoms with van der Waals surface area (Å²) in [6, 6.07) is 10.2. The van der Waals surface area contributed by atoms with Crippen LogP contribution in [0.4, 0.5) is 0 Å². The minimum absolute atomic E-state index is 0.0386. The molecule has 1 aliphatic rings. The van der Waals surface area contributed by atoms with Gasteiger partial charge in [0, 0.05) is 26.7 Å². The molecule has 4 rings (SSSR count). The van der Waals surface area contributed by atoms with Crippen molar-refractivity contribution in [3.05, 3.63) is 53.0 Å². The van der Waals surface area contributed by atoms with Gasteiger partial charge in [0.25, 0.3) is 5.91 Å². The SMILES string of the molecule is Cn1c(C(=O)N2CCC[C@@H](C(=O)NCCc3ccc(S(N)(=O)=O)cc3)C2)cc2sccc21.